The highest BCUT2D eigenvalue weighted by atomic mass is 16.4. The minimum Gasteiger partial charge on any atom is -0.390 e. The number of aryl methyl sites for hydroxylation is 1. The van der Waals surface area contributed by atoms with E-state index in [4.69, 9.17) is 4.42 Å². The number of nitrogens with zero attached hydrogens (tertiary/aromatic N) is 4. The lowest BCUT2D eigenvalue weighted by Crippen LogP contribution is -2.62. The largest absolute Gasteiger partial charge is 0.506 e. The molecule has 130 valence electrons. The van der Waals surface area contributed by atoms with Crippen LogP contribution < -0.4 is 4.57 Å². The molecule has 3 amide bonds. The Morgan fingerprint density at radius 3 is 2.67 bits per heavy atom. The SMILES string of the molecule is CCCCCCCCN1C(=O)C2C(=Nc3oc(C)c[n+]32)N(C)C1=O. The van der Waals surface area contributed by atoms with Crippen LogP contribution in [0.25, 0.3) is 0 Å². The average Bonchev–Trinajstić information content (AvgIpc) is 3.07. The first-order chi connectivity index (χ1) is 11.5. The van der Waals surface area contributed by atoms with E-state index in [1.54, 1.807) is 17.8 Å². The molecule has 24 heavy (non-hydrogen) atoms. The van der Waals surface area contributed by atoms with Crippen LogP contribution in [0.4, 0.5) is 10.8 Å². The van der Waals surface area contributed by atoms with Crippen LogP contribution in [0, 0.1) is 6.92 Å². The zero-order valence-electron chi connectivity index (χ0n) is 14.6. The third kappa shape index (κ3) is 2.83. The number of aromatic nitrogens is 1. The van der Waals surface area contributed by atoms with Crippen molar-refractivity contribution < 1.29 is 18.6 Å². The number of imide groups is 1. The molecular weight excluding hydrogens is 308 g/mol. The summed E-state index contributed by atoms with van der Waals surface area (Å²) in [6.45, 7) is 4.46. The lowest BCUT2D eigenvalue weighted by atomic mass is 10.1. The van der Waals surface area contributed by atoms with Gasteiger partial charge in [0.1, 0.15) is 12.0 Å². The number of hydrogen-bond acceptors (Lipinski definition) is 4. The molecule has 1 aromatic heterocycles. The first kappa shape index (κ1) is 16.7. The zero-order chi connectivity index (χ0) is 17.3. The van der Waals surface area contributed by atoms with E-state index in [2.05, 4.69) is 11.9 Å². The van der Waals surface area contributed by atoms with Gasteiger partial charge in [-0.15, -0.1) is 0 Å². The number of amidine groups is 1. The van der Waals surface area contributed by atoms with Crippen molar-refractivity contribution in [3.63, 3.8) is 0 Å². The second-order valence-electron chi connectivity index (χ2n) is 6.50. The molecule has 0 aromatic carbocycles. The maximum absolute atomic E-state index is 12.8. The summed E-state index contributed by atoms with van der Waals surface area (Å²) >= 11 is 0. The molecule has 7 heteroatoms. The van der Waals surface area contributed by atoms with E-state index in [1.165, 1.54) is 29.1 Å². The molecule has 1 atom stereocenters. The highest BCUT2D eigenvalue weighted by Gasteiger charge is 2.54. The van der Waals surface area contributed by atoms with Crippen LogP contribution in [0.1, 0.15) is 57.3 Å². The molecule has 1 saturated heterocycles. The number of likely N-dealkylation sites (N-methyl/N-ethyl adjacent to an activating group) is 1. The minimum absolute atomic E-state index is 0.213. The normalized spacial score (nSPS) is 19.6. The van der Waals surface area contributed by atoms with E-state index in [1.807, 2.05) is 6.92 Å². The predicted molar refractivity (Wildman–Crippen MR) is 88.0 cm³/mol. The van der Waals surface area contributed by atoms with Gasteiger partial charge < -0.3 is 4.42 Å². The van der Waals surface area contributed by atoms with Crippen molar-refractivity contribution in [2.24, 2.45) is 4.99 Å². The fourth-order valence-electron chi connectivity index (χ4n) is 3.29. The quantitative estimate of drug-likeness (QED) is 0.569. The van der Waals surface area contributed by atoms with Gasteiger partial charge in [-0.25, -0.2) is 4.79 Å². The Morgan fingerprint density at radius 1 is 1.21 bits per heavy atom. The Balaban J connectivity index is 1.68. The van der Waals surface area contributed by atoms with E-state index in [9.17, 15) is 9.59 Å². The smallest absolute Gasteiger partial charge is 0.390 e. The summed E-state index contributed by atoms with van der Waals surface area (Å²) in [7, 11) is 1.66. The highest BCUT2D eigenvalue weighted by Crippen LogP contribution is 2.28. The number of carbonyl (C=O) groups is 2. The van der Waals surface area contributed by atoms with Crippen molar-refractivity contribution in [1.82, 2.24) is 9.80 Å². The first-order valence-electron chi connectivity index (χ1n) is 8.73. The van der Waals surface area contributed by atoms with Crippen LogP contribution in [0.3, 0.4) is 0 Å². The van der Waals surface area contributed by atoms with Crippen molar-refractivity contribution in [2.45, 2.75) is 58.4 Å². The first-order valence-corrected chi connectivity index (χ1v) is 8.73. The van der Waals surface area contributed by atoms with Gasteiger partial charge >= 0.3 is 12.0 Å². The Kier molecular flexibility index (Phi) is 4.69. The van der Waals surface area contributed by atoms with E-state index < -0.39 is 6.04 Å². The number of oxazole rings is 1. The third-order valence-corrected chi connectivity index (χ3v) is 4.62. The van der Waals surface area contributed by atoms with Gasteiger partial charge in [-0.1, -0.05) is 39.0 Å². The van der Waals surface area contributed by atoms with Crippen LogP contribution in [0.5, 0.6) is 0 Å². The zero-order valence-corrected chi connectivity index (χ0v) is 14.6. The van der Waals surface area contributed by atoms with Gasteiger partial charge in [0.15, 0.2) is 0 Å². The molecule has 3 rings (SSSR count). The summed E-state index contributed by atoms with van der Waals surface area (Å²) in [5, 5.41) is 0. The van der Waals surface area contributed by atoms with Crippen molar-refractivity contribution in [3.8, 4) is 0 Å². The van der Waals surface area contributed by atoms with Crippen LogP contribution in [0.2, 0.25) is 0 Å². The number of fused-ring (bicyclic) bond motifs is 3. The number of amides is 3. The summed E-state index contributed by atoms with van der Waals surface area (Å²) in [5.41, 5.74) is 0. The molecule has 1 fully saturated rings. The van der Waals surface area contributed by atoms with E-state index in [0.717, 1.165) is 19.3 Å². The summed E-state index contributed by atoms with van der Waals surface area (Å²) in [6.07, 6.45) is 8.46. The van der Waals surface area contributed by atoms with Crippen molar-refractivity contribution >= 4 is 23.8 Å². The fourth-order valence-corrected chi connectivity index (χ4v) is 3.29. The molecule has 7 nitrogen and oxygen atoms in total. The van der Waals surface area contributed by atoms with Gasteiger partial charge in [-0.3, -0.25) is 14.6 Å². The van der Waals surface area contributed by atoms with Crippen molar-refractivity contribution in [2.75, 3.05) is 13.6 Å². The molecule has 0 aliphatic carbocycles. The number of unbranched alkanes of at least 4 members (excludes halogenated alkanes) is 5. The lowest BCUT2D eigenvalue weighted by molar-refractivity contribution is -0.679. The Bertz CT molecular complexity index is 679. The Morgan fingerprint density at radius 2 is 1.92 bits per heavy atom. The van der Waals surface area contributed by atoms with Crippen LogP contribution in [-0.2, 0) is 4.79 Å². The maximum Gasteiger partial charge on any atom is 0.506 e. The number of urea groups is 1. The molecule has 1 unspecified atom stereocenters. The molecule has 0 spiro atoms. The number of rotatable bonds is 7. The van der Waals surface area contributed by atoms with E-state index in [-0.39, 0.29) is 11.9 Å². The third-order valence-electron chi connectivity index (χ3n) is 4.62. The number of aliphatic imine (C=N–C) groups is 1. The minimum atomic E-state index is -0.583. The predicted octanol–water partition coefficient (Wildman–Crippen LogP) is 2.71. The summed E-state index contributed by atoms with van der Waals surface area (Å²) in [4.78, 5) is 32.5. The Labute approximate surface area is 141 Å². The van der Waals surface area contributed by atoms with Gasteiger partial charge in [0.25, 0.3) is 17.8 Å². The number of hydrogen-bond donors (Lipinski definition) is 0. The molecule has 0 N–H and O–H groups in total. The van der Waals surface area contributed by atoms with Crippen LogP contribution in [-0.4, -0.2) is 41.2 Å². The average molecular weight is 333 g/mol. The topological polar surface area (TPSA) is 70.0 Å². The summed E-state index contributed by atoms with van der Waals surface area (Å²) in [6, 6.07) is -0.506. The van der Waals surface area contributed by atoms with Gasteiger partial charge in [0.2, 0.25) is 0 Å². The summed E-state index contributed by atoms with van der Waals surface area (Å²) in [5.74, 6) is 0.931. The lowest BCUT2D eigenvalue weighted by Gasteiger charge is -2.32. The van der Waals surface area contributed by atoms with Gasteiger partial charge in [-0.2, -0.15) is 4.57 Å². The summed E-state index contributed by atoms with van der Waals surface area (Å²) < 4.78 is 7.20. The molecule has 1 aromatic rings. The maximum atomic E-state index is 12.8. The molecule has 0 radical (unpaired) electrons. The van der Waals surface area contributed by atoms with Gasteiger partial charge in [-0.05, 0) is 13.3 Å². The molecule has 2 aliphatic rings. The molecule has 0 saturated carbocycles. The highest BCUT2D eigenvalue weighted by molar-refractivity contribution is 6.18. The van der Waals surface area contributed by atoms with Gasteiger partial charge in [0.05, 0.1) is 0 Å². The molecule has 2 aliphatic heterocycles. The molecule has 3 heterocycles. The van der Waals surface area contributed by atoms with E-state index >= 15 is 0 Å². The second kappa shape index (κ2) is 6.75. The van der Waals surface area contributed by atoms with Crippen LogP contribution in [0.15, 0.2) is 15.6 Å². The Hall–Kier alpha value is -2.18. The molecular formula is C17H25N4O3+. The van der Waals surface area contributed by atoms with Crippen LogP contribution >= 0.6 is 0 Å². The monoisotopic (exact) mass is 333 g/mol. The standard InChI is InChI=1S/C17H25N4O3/c1-4-5-6-7-8-9-10-20-15(22)13-14(19(3)17(20)23)18-16-21(13)11-12(2)24-16/h11,13H,4-10H2,1-3H3/q+1. The van der Waals surface area contributed by atoms with Crippen molar-refractivity contribution in [3.05, 3.63) is 12.0 Å². The fraction of sp³-hybridized carbons (Fsp3) is 0.647. The second-order valence-corrected chi connectivity index (χ2v) is 6.50. The number of carbonyl (C=O) groups excluding carboxylic acids is 2. The molecule has 0 bridgehead atoms. The van der Waals surface area contributed by atoms with Crippen molar-refractivity contribution in [1.29, 1.82) is 0 Å². The van der Waals surface area contributed by atoms with Gasteiger partial charge in [0, 0.05) is 18.6 Å². The van der Waals surface area contributed by atoms with E-state index in [0.29, 0.717) is 24.2 Å².